The Morgan fingerprint density at radius 1 is 1.20 bits per heavy atom. The largest absolute Gasteiger partial charge is 0.370 e. The van der Waals surface area contributed by atoms with E-state index in [9.17, 15) is 0 Å². The van der Waals surface area contributed by atoms with Crippen molar-refractivity contribution in [1.82, 2.24) is 5.32 Å². The summed E-state index contributed by atoms with van der Waals surface area (Å²) in [7, 11) is 0. The van der Waals surface area contributed by atoms with E-state index in [1.165, 1.54) is 12.0 Å². The van der Waals surface area contributed by atoms with E-state index >= 15 is 0 Å². The van der Waals surface area contributed by atoms with Crippen molar-refractivity contribution in [2.24, 2.45) is 16.1 Å². The molecule has 0 saturated carbocycles. The van der Waals surface area contributed by atoms with Crippen molar-refractivity contribution < 1.29 is 0 Å². The molecule has 0 aliphatic rings. The molecule has 0 atom stereocenters. The molecule has 4 heteroatoms. The van der Waals surface area contributed by atoms with Crippen molar-refractivity contribution >= 4 is 29.9 Å². The number of hydrogen-bond donors (Lipinski definition) is 2. The summed E-state index contributed by atoms with van der Waals surface area (Å²) < 4.78 is 0. The van der Waals surface area contributed by atoms with Crippen LogP contribution in [0.2, 0.25) is 0 Å². The molecule has 0 aliphatic heterocycles. The number of halogens is 1. The Morgan fingerprint density at radius 2 is 1.85 bits per heavy atom. The molecule has 3 nitrogen and oxygen atoms in total. The van der Waals surface area contributed by atoms with Gasteiger partial charge in [-0.1, -0.05) is 51.1 Å². The number of nitrogens with one attached hydrogen (secondary N) is 1. The van der Waals surface area contributed by atoms with Crippen LogP contribution in [0.25, 0.3) is 0 Å². The van der Waals surface area contributed by atoms with Crippen LogP contribution in [-0.4, -0.2) is 19.0 Å². The van der Waals surface area contributed by atoms with Crippen molar-refractivity contribution in [1.29, 1.82) is 0 Å². The molecule has 1 rings (SSSR count). The number of guanidine groups is 1. The molecular formula is C16H28IN3. The normalized spacial score (nSPS) is 11.8. The van der Waals surface area contributed by atoms with Gasteiger partial charge in [0, 0.05) is 13.1 Å². The van der Waals surface area contributed by atoms with E-state index in [1.807, 2.05) is 6.07 Å². The Labute approximate surface area is 140 Å². The van der Waals surface area contributed by atoms with Gasteiger partial charge in [-0.3, -0.25) is 4.99 Å². The molecule has 0 radical (unpaired) electrons. The second-order valence-electron chi connectivity index (χ2n) is 6.09. The molecule has 0 bridgehead atoms. The highest BCUT2D eigenvalue weighted by Crippen LogP contribution is 2.20. The maximum absolute atomic E-state index is 5.83. The van der Waals surface area contributed by atoms with E-state index in [0.717, 1.165) is 25.9 Å². The first-order valence-electron chi connectivity index (χ1n) is 7.05. The molecule has 0 amide bonds. The van der Waals surface area contributed by atoms with Gasteiger partial charge in [-0.05, 0) is 30.2 Å². The third kappa shape index (κ3) is 10.1. The zero-order valence-corrected chi connectivity index (χ0v) is 15.2. The quantitative estimate of drug-likeness (QED) is 0.338. The van der Waals surface area contributed by atoms with Crippen LogP contribution in [0, 0.1) is 5.41 Å². The molecule has 3 N–H and O–H groups in total. The second kappa shape index (κ2) is 10.0. The van der Waals surface area contributed by atoms with E-state index in [-0.39, 0.29) is 24.0 Å². The Bertz CT molecular complexity index is 382. The van der Waals surface area contributed by atoms with Crippen LogP contribution in [0.1, 0.15) is 39.2 Å². The highest BCUT2D eigenvalue weighted by Gasteiger charge is 2.08. The van der Waals surface area contributed by atoms with Gasteiger partial charge in [0.15, 0.2) is 5.96 Å². The minimum atomic E-state index is 0. The molecule has 20 heavy (non-hydrogen) atoms. The van der Waals surface area contributed by atoms with Gasteiger partial charge in [0.2, 0.25) is 0 Å². The van der Waals surface area contributed by atoms with Gasteiger partial charge in [0.05, 0.1) is 0 Å². The SMILES string of the molecule is CC(C)(C)CCCN=C(N)NCCc1ccccc1.I. The van der Waals surface area contributed by atoms with Crippen molar-refractivity contribution in [2.75, 3.05) is 13.1 Å². The molecule has 0 heterocycles. The molecule has 0 aromatic heterocycles. The van der Waals surface area contributed by atoms with Gasteiger partial charge >= 0.3 is 0 Å². The lowest BCUT2D eigenvalue weighted by molar-refractivity contribution is 0.368. The molecule has 114 valence electrons. The number of nitrogens with zero attached hydrogens (tertiary/aromatic N) is 1. The van der Waals surface area contributed by atoms with Gasteiger partial charge < -0.3 is 11.1 Å². The van der Waals surface area contributed by atoms with Crippen LogP contribution in [0.15, 0.2) is 35.3 Å². The van der Waals surface area contributed by atoms with Gasteiger partial charge in [0.1, 0.15) is 0 Å². The molecule has 0 spiro atoms. The van der Waals surface area contributed by atoms with E-state index in [2.05, 4.69) is 55.3 Å². The van der Waals surface area contributed by atoms with Gasteiger partial charge in [0.25, 0.3) is 0 Å². The lowest BCUT2D eigenvalue weighted by atomic mass is 9.91. The Balaban J connectivity index is 0.00000361. The Morgan fingerprint density at radius 3 is 2.45 bits per heavy atom. The van der Waals surface area contributed by atoms with Gasteiger partial charge in [-0.2, -0.15) is 0 Å². The first-order valence-corrected chi connectivity index (χ1v) is 7.05. The lowest BCUT2D eigenvalue weighted by Gasteiger charge is -2.16. The monoisotopic (exact) mass is 389 g/mol. The summed E-state index contributed by atoms with van der Waals surface area (Å²) in [5.41, 5.74) is 7.52. The molecule has 1 aromatic carbocycles. The summed E-state index contributed by atoms with van der Waals surface area (Å²) in [6.07, 6.45) is 3.23. The van der Waals surface area contributed by atoms with E-state index < -0.39 is 0 Å². The fourth-order valence-corrected chi connectivity index (χ4v) is 1.84. The maximum atomic E-state index is 5.83. The lowest BCUT2D eigenvalue weighted by Crippen LogP contribution is -2.33. The van der Waals surface area contributed by atoms with Crippen molar-refractivity contribution in [3.8, 4) is 0 Å². The zero-order chi connectivity index (χ0) is 14.1. The summed E-state index contributed by atoms with van der Waals surface area (Å²) in [5.74, 6) is 0.560. The van der Waals surface area contributed by atoms with Crippen LogP contribution in [-0.2, 0) is 6.42 Å². The predicted molar refractivity (Wildman–Crippen MR) is 98.7 cm³/mol. The molecule has 0 saturated heterocycles. The smallest absolute Gasteiger partial charge is 0.188 e. The average Bonchev–Trinajstić information content (AvgIpc) is 2.35. The fraction of sp³-hybridized carbons (Fsp3) is 0.562. The van der Waals surface area contributed by atoms with Crippen molar-refractivity contribution in [2.45, 2.75) is 40.0 Å². The number of rotatable bonds is 6. The van der Waals surface area contributed by atoms with Crippen LogP contribution < -0.4 is 11.1 Å². The van der Waals surface area contributed by atoms with E-state index in [1.54, 1.807) is 0 Å². The Kier molecular flexibility index (Phi) is 9.63. The van der Waals surface area contributed by atoms with Gasteiger partial charge in [-0.15, -0.1) is 24.0 Å². The first-order chi connectivity index (χ1) is 8.97. The highest BCUT2D eigenvalue weighted by molar-refractivity contribution is 14.0. The highest BCUT2D eigenvalue weighted by atomic mass is 127. The second-order valence-corrected chi connectivity index (χ2v) is 6.09. The summed E-state index contributed by atoms with van der Waals surface area (Å²) in [5, 5.41) is 3.16. The standard InChI is InChI=1S/C16H27N3.HI/c1-16(2,3)11-7-12-18-15(17)19-13-10-14-8-5-4-6-9-14;/h4-6,8-9H,7,10-13H2,1-3H3,(H3,17,18,19);1H. The van der Waals surface area contributed by atoms with Crippen molar-refractivity contribution in [3.05, 3.63) is 35.9 Å². The number of nitrogens with two attached hydrogens (primary N) is 1. The minimum absolute atomic E-state index is 0. The topological polar surface area (TPSA) is 50.4 Å². The number of benzene rings is 1. The van der Waals surface area contributed by atoms with Crippen LogP contribution >= 0.6 is 24.0 Å². The van der Waals surface area contributed by atoms with E-state index in [0.29, 0.717) is 11.4 Å². The molecule has 1 aromatic rings. The predicted octanol–water partition coefficient (Wildman–Crippen LogP) is 3.58. The molecule has 0 aliphatic carbocycles. The first kappa shape index (κ1) is 19.2. The molecule has 0 fully saturated rings. The van der Waals surface area contributed by atoms with Crippen LogP contribution in [0.4, 0.5) is 0 Å². The van der Waals surface area contributed by atoms with Gasteiger partial charge in [-0.25, -0.2) is 0 Å². The number of aliphatic imine (C=N–C) groups is 1. The average molecular weight is 389 g/mol. The summed E-state index contributed by atoms with van der Waals surface area (Å²) in [6.45, 7) is 8.38. The third-order valence-electron chi connectivity index (χ3n) is 2.93. The van der Waals surface area contributed by atoms with Crippen LogP contribution in [0.3, 0.4) is 0 Å². The third-order valence-corrected chi connectivity index (χ3v) is 2.93. The van der Waals surface area contributed by atoms with Crippen molar-refractivity contribution in [3.63, 3.8) is 0 Å². The summed E-state index contributed by atoms with van der Waals surface area (Å²) >= 11 is 0. The summed E-state index contributed by atoms with van der Waals surface area (Å²) in [4.78, 5) is 4.34. The zero-order valence-electron chi connectivity index (χ0n) is 12.9. The Hall–Kier alpha value is -0.780. The molecular weight excluding hydrogens is 361 g/mol. The fourth-order valence-electron chi connectivity index (χ4n) is 1.84. The summed E-state index contributed by atoms with van der Waals surface area (Å²) in [6, 6.07) is 10.4. The van der Waals surface area contributed by atoms with Crippen LogP contribution in [0.5, 0.6) is 0 Å². The van der Waals surface area contributed by atoms with E-state index in [4.69, 9.17) is 5.73 Å². The number of hydrogen-bond acceptors (Lipinski definition) is 1. The molecule has 0 unspecified atom stereocenters. The minimum Gasteiger partial charge on any atom is -0.370 e. The maximum Gasteiger partial charge on any atom is 0.188 e.